The summed E-state index contributed by atoms with van der Waals surface area (Å²) in [5.74, 6) is -2.41. The average molecular weight is 312 g/mol. The van der Waals surface area contributed by atoms with Gasteiger partial charge in [-0.15, -0.1) is 0 Å². The molecule has 0 aliphatic carbocycles. The minimum absolute atomic E-state index is 0.0390. The minimum Gasteiger partial charge on any atom is -0.423 e. The molecule has 3 rings (SSSR count). The minimum atomic E-state index is -1.80. The molecular weight excluding hydrogens is 292 g/mol. The molecule has 0 aromatic carbocycles. The zero-order chi connectivity index (χ0) is 16.3. The first kappa shape index (κ1) is 15.6. The van der Waals surface area contributed by atoms with Gasteiger partial charge in [0.1, 0.15) is 11.4 Å². The van der Waals surface area contributed by atoms with Gasteiger partial charge < -0.3 is 29.9 Å². The molecule has 0 radical (unpaired) electrons. The highest BCUT2D eigenvalue weighted by molar-refractivity contribution is 5.95. The summed E-state index contributed by atoms with van der Waals surface area (Å²) in [5.41, 5.74) is -2.57. The van der Waals surface area contributed by atoms with E-state index in [-0.39, 0.29) is 29.7 Å². The molecule has 0 aromatic rings. The Morgan fingerprint density at radius 3 is 2.64 bits per heavy atom. The predicted octanol–water partition coefficient (Wildman–Crippen LogP) is -0.511. The summed E-state index contributed by atoms with van der Waals surface area (Å²) in [6, 6.07) is 0. The smallest absolute Gasteiger partial charge is 0.342 e. The Balaban J connectivity index is 2.17. The van der Waals surface area contributed by atoms with Crippen molar-refractivity contribution in [3.63, 3.8) is 0 Å². The number of ether oxygens (including phenoxy) is 2. The second-order valence-electron chi connectivity index (χ2n) is 6.64. The molecule has 2 bridgehead atoms. The SMILES string of the molecule is C[C@@]12/C=C3/OC(=O)C(CO)=C3[C@@H](O)C[C@@](C)(O)[C@@](O)(CC1)O2. The van der Waals surface area contributed by atoms with E-state index >= 15 is 0 Å². The molecule has 3 aliphatic rings. The lowest BCUT2D eigenvalue weighted by atomic mass is 9.83. The van der Waals surface area contributed by atoms with Crippen LogP contribution in [0.4, 0.5) is 0 Å². The Morgan fingerprint density at radius 1 is 1.32 bits per heavy atom. The van der Waals surface area contributed by atoms with Gasteiger partial charge in [-0.1, -0.05) is 0 Å². The lowest BCUT2D eigenvalue weighted by molar-refractivity contribution is -0.297. The highest BCUT2D eigenvalue weighted by Gasteiger charge is 2.57. The molecule has 0 aromatic heterocycles. The van der Waals surface area contributed by atoms with Gasteiger partial charge in [0.2, 0.25) is 0 Å². The lowest BCUT2D eigenvalue weighted by Crippen LogP contribution is -2.54. The van der Waals surface area contributed by atoms with Crippen LogP contribution in [0, 0.1) is 0 Å². The van der Waals surface area contributed by atoms with Crippen LogP contribution >= 0.6 is 0 Å². The Morgan fingerprint density at radius 2 is 2.00 bits per heavy atom. The first-order valence-corrected chi connectivity index (χ1v) is 7.23. The summed E-state index contributed by atoms with van der Waals surface area (Å²) in [4.78, 5) is 11.8. The van der Waals surface area contributed by atoms with Gasteiger partial charge in [0, 0.05) is 18.4 Å². The van der Waals surface area contributed by atoms with Gasteiger partial charge in [0.15, 0.2) is 5.79 Å². The Kier molecular flexibility index (Phi) is 3.29. The van der Waals surface area contributed by atoms with Crippen LogP contribution in [-0.4, -0.2) is 56.1 Å². The van der Waals surface area contributed by atoms with Crippen LogP contribution in [0.15, 0.2) is 23.0 Å². The predicted molar refractivity (Wildman–Crippen MR) is 73.2 cm³/mol. The van der Waals surface area contributed by atoms with Crippen LogP contribution in [0.5, 0.6) is 0 Å². The fourth-order valence-corrected chi connectivity index (χ4v) is 3.40. The molecule has 0 saturated carbocycles. The number of hydrogen-bond acceptors (Lipinski definition) is 7. The van der Waals surface area contributed by atoms with Crippen LogP contribution in [0.1, 0.15) is 33.1 Å². The molecule has 1 fully saturated rings. The number of aliphatic hydroxyl groups excluding tert-OH is 2. The van der Waals surface area contributed by atoms with Crippen LogP contribution in [0.3, 0.4) is 0 Å². The maximum absolute atomic E-state index is 11.8. The van der Waals surface area contributed by atoms with Gasteiger partial charge in [0.05, 0.1) is 23.9 Å². The van der Waals surface area contributed by atoms with E-state index in [1.807, 2.05) is 0 Å². The fourth-order valence-electron chi connectivity index (χ4n) is 3.40. The van der Waals surface area contributed by atoms with Crippen molar-refractivity contribution < 1.29 is 34.7 Å². The van der Waals surface area contributed by atoms with Gasteiger partial charge >= 0.3 is 5.97 Å². The number of aliphatic hydroxyl groups is 4. The first-order valence-electron chi connectivity index (χ1n) is 7.23. The van der Waals surface area contributed by atoms with Crippen molar-refractivity contribution in [1.82, 2.24) is 0 Å². The van der Waals surface area contributed by atoms with E-state index in [9.17, 15) is 25.2 Å². The normalized spacial score (nSPS) is 47.3. The summed E-state index contributed by atoms with van der Waals surface area (Å²) in [7, 11) is 0. The van der Waals surface area contributed by atoms with Gasteiger partial charge in [-0.05, 0) is 26.3 Å². The highest BCUT2D eigenvalue weighted by Crippen LogP contribution is 2.48. The molecular formula is C15H20O7. The van der Waals surface area contributed by atoms with Crippen molar-refractivity contribution in [3.8, 4) is 0 Å². The summed E-state index contributed by atoms with van der Waals surface area (Å²) in [6.45, 7) is 2.50. The summed E-state index contributed by atoms with van der Waals surface area (Å²) < 4.78 is 10.8. The summed E-state index contributed by atoms with van der Waals surface area (Å²) in [5, 5.41) is 41.0. The maximum Gasteiger partial charge on any atom is 0.342 e. The number of rotatable bonds is 1. The fraction of sp³-hybridized carbons (Fsp3) is 0.667. The third-order valence-electron chi connectivity index (χ3n) is 4.76. The van der Waals surface area contributed by atoms with Crippen molar-refractivity contribution in [1.29, 1.82) is 0 Å². The van der Waals surface area contributed by atoms with Crippen molar-refractivity contribution >= 4 is 5.97 Å². The second-order valence-corrected chi connectivity index (χ2v) is 6.64. The van der Waals surface area contributed by atoms with Crippen LogP contribution in [0.25, 0.3) is 0 Å². The number of carbonyl (C=O) groups is 1. The molecule has 0 amide bonds. The molecule has 0 unspecified atom stereocenters. The van der Waals surface area contributed by atoms with E-state index in [2.05, 4.69) is 0 Å². The number of hydrogen-bond donors (Lipinski definition) is 4. The monoisotopic (exact) mass is 312 g/mol. The third-order valence-corrected chi connectivity index (χ3v) is 4.76. The summed E-state index contributed by atoms with van der Waals surface area (Å²) in [6.07, 6.45) is 0.592. The molecule has 3 heterocycles. The van der Waals surface area contributed by atoms with Gasteiger partial charge in [0.25, 0.3) is 0 Å². The Hall–Kier alpha value is -1.25. The molecule has 122 valence electrons. The number of esters is 1. The zero-order valence-electron chi connectivity index (χ0n) is 12.5. The van der Waals surface area contributed by atoms with Crippen LogP contribution < -0.4 is 0 Å². The van der Waals surface area contributed by atoms with Gasteiger partial charge in [-0.3, -0.25) is 0 Å². The molecule has 4 N–H and O–H groups in total. The highest BCUT2D eigenvalue weighted by atomic mass is 16.7. The summed E-state index contributed by atoms with van der Waals surface area (Å²) >= 11 is 0. The van der Waals surface area contributed by atoms with Gasteiger partial charge in [-0.25, -0.2) is 4.79 Å². The average Bonchev–Trinajstić information content (AvgIpc) is 2.87. The van der Waals surface area contributed by atoms with Crippen LogP contribution in [0.2, 0.25) is 0 Å². The van der Waals surface area contributed by atoms with Crippen molar-refractivity contribution in [3.05, 3.63) is 23.0 Å². The largest absolute Gasteiger partial charge is 0.423 e. The number of fused-ring (bicyclic) bond motifs is 3. The second kappa shape index (κ2) is 4.62. The van der Waals surface area contributed by atoms with Crippen molar-refractivity contribution in [2.24, 2.45) is 0 Å². The van der Waals surface area contributed by atoms with E-state index in [1.54, 1.807) is 6.92 Å². The zero-order valence-corrected chi connectivity index (χ0v) is 12.5. The lowest BCUT2D eigenvalue weighted by Gasteiger charge is -2.39. The van der Waals surface area contributed by atoms with E-state index in [4.69, 9.17) is 9.47 Å². The molecule has 4 atom stereocenters. The van der Waals surface area contributed by atoms with E-state index in [0.717, 1.165) is 0 Å². The molecule has 0 spiro atoms. The van der Waals surface area contributed by atoms with Crippen molar-refractivity contribution in [2.75, 3.05) is 6.61 Å². The van der Waals surface area contributed by atoms with Crippen molar-refractivity contribution in [2.45, 2.75) is 56.2 Å². The Labute approximate surface area is 127 Å². The first-order chi connectivity index (χ1) is 10.1. The standard InChI is InChI=1S/C15H20O7/c1-13-3-4-15(20,22-13)14(2,19)5-9(17)11-8(7-16)12(18)21-10(11)6-13/h6,9,16-17,19-20H,3-5,7H2,1-2H3/b10-6+/t9-,13-,14+,15+/m0/s1. The van der Waals surface area contributed by atoms with Gasteiger partial charge in [-0.2, -0.15) is 0 Å². The topological polar surface area (TPSA) is 116 Å². The quantitative estimate of drug-likeness (QED) is 0.482. The maximum atomic E-state index is 11.8. The molecule has 1 saturated heterocycles. The Bertz CT molecular complexity index is 591. The van der Waals surface area contributed by atoms with E-state index in [1.165, 1.54) is 13.0 Å². The number of carbonyl (C=O) groups excluding carboxylic acids is 1. The molecule has 7 heteroatoms. The van der Waals surface area contributed by atoms with E-state index < -0.39 is 35.7 Å². The molecule has 3 aliphatic heterocycles. The van der Waals surface area contributed by atoms with E-state index in [0.29, 0.717) is 6.42 Å². The molecule has 7 nitrogen and oxygen atoms in total. The third kappa shape index (κ3) is 2.12. The molecule has 22 heavy (non-hydrogen) atoms. The van der Waals surface area contributed by atoms with Crippen LogP contribution in [-0.2, 0) is 14.3 Å².